The van der Waals surface area contributed by atoms with Crippen molar-refractivity contribution in [2.45, 2.75) is 32.4 Å². The van der Waals surface area contributed by atoms with Crippen molar-refractivity contribution in [2.24, 2.45) is 0 Å². The fourth-order valence-corrected chi connectivity index (χ4v) is 2.46. The number of hydrogen-bond acceptors (Lipinski definition) is 1. The maximum absolute atomic E-state index is 12.2. The minimum Gasteiger partial charge on any atom is -0.332 e. The van der Waals surface area contributed by atoms with Gasteiger partial charge in [0.25, 0.3) is 0 Å². The van der Waals surface area contributed by atoms with Crippen LogP contribution in [0.25, 0.3) is 0 Å². The Morgan fingerprint density at radius 1 is 1.00 bits per heavy atom. The van der Waals surface area contributed by atoms with Gasteiger partial charge in [-0.25, -0.2) is 4.79 Å². The molecule has 0 saturated heterocycles. The standard InChI is InChI=1S/C18H21ClN2O/c1-3-17(15-9-11-16(19)12-10-15)21-18(22)20-13(2)14-7-5-4-6-8-14/h4-13,17H,3H2,1-2H3,(H2,20,21,22). The zero-order valence-corrected chi connectivity index (χ0v) is 13.6. The summed E-state index contributed by atoms with van der Waals surface area (Å²) in [5.74, 6) is 0. The van der Waals surface area contributed by atoms with Gasteiger partial charge in [0.05, 0.1) is 12.1 Å². The van der Waals surface area contributed by atoms with Gasteiger partial charge in [-0.1, -0.05) is 61.0 Å². The quantitative estimate of drug-likeness (QED) is 0.813. The van der Waals surface area contributed by atoms with E-state index in [0.29, 0.717) is 5.02 Å². The summed E-state index contributed by atoms with van der Waals surface area (Å²) < 4.78 is 0. The van der Waals surface area contributed by atoms with Gasteiger partial charge >= 0.3 is 6.03 Å². The molecule has 2 amide bonds. The van der Waals surface area contributed by atoms with E-state index in [1.807, 2.05) is 68.4 Å². The van der Waals surface area contributed by atoms with Gasteiger partial charge in [0.15, 0.2) is 0 Å². The smallest absolute Gasteiger partial charge is 0.315 e. The second-order valence-corrected chi connectivity index (χ2v) is 5.70. The first-order chi connectivity index (χ1) is 10.6. The lowest BCUT2D eigenvalue weighted by molar-refractivity contribution is 0.233. The average Bonchev–Trinajstić information content (AvgIpc) is 2.54. The molecule has 0 spiro atoms. The molecule has 2 atom stereocenters. The van der Waals surface area contributed by atoms with Crippen molar-refractivity contribution in [1.29, 1.82) is 0 Å². The molecule has 0 saturated carbocycles. The van der Waals surface area contributed by atoms with Crippen LogP contribution in [0.1, 0.15) is 43.5 Å². The Morgan fingerprint density at radius 3 is 2.23 bits per heavy atom. The van der Waals surface area contributed by atoms with Crippen LogP contribution in [-0.2, 0) is 0 Å². The lowest BCUT2D eigenvalue weighted by atomic mass is 10.0. The summed E-state index contributed by atoms with van der Waals surface area (Å²) in [6.45, 7) is 4.01. The maximum atomic E-state index is 12.2. The number of rotatable bonds is 5. The molecule has 3 nitrogen and oxygen atoms in total. The second kappa shape index (κ2) is 7.85. The Morgan fingerprint density at radius 2 is 1.64 bits per heavy atom. The number of carbonyl (C=O) groups excluding carboxylic acids is 1. The van der Waals surface area contributed by atoms with E-state index in [-0.39, 0.29) is 18.1 Å². The molecule has 116 valence electrons. The summed E-state index contributed by atoms with van der Waals surface area (Å²) in [6, 6.07) is 17.2. The fraction of sp³-hybridized carbons (Fsp3) is 0.278. The van der Waals surface area contributed by atoms with Gasteiger partial charge in [0.1, 0.15) is 0 Å². The zero-order chi connectivity index (χ0) is 15.9. The van der Waals surface area contributed by atoms with E-state index in [9.17, 15) is 4.79 Å². The van der Waals surface area contributed by atoms with Gasteiger partial charge in [0, 0.05) is 5.02 Å². The highest BCUT2D eigenvalue weighted by Crippen LogP contribution is 2.19. The van der Waals surface area contributed by atoms with E-state index >= 15 is 0 Å². The fourth-order valence-electron chi connectivity index (χ4n) is 2.34. The Labute approximate surface area is 136 Å². The number of hydrogen-bond donors (Lipinski definition) is 2. The van der Waals surface area contributed by atoms with Crippen LogP contribution in [0.3, 0.4) is 0 Å². The van der Waals surface area contributed by atoms with Gasteiger partial charge in [-0.2, -0.15) is 0 Å². The van der Waals surface area contributed by atoms with Crippen molar-refractivity contribution in [3.05, 3.63) is 70.7 Å². The molecule has 0 aliphatic rings. The number of carbonyl (C=O) groups is 1. The van der Waals surface area contributed by atoms with E-state index in [1.54, 1.807) is 0 Å². The lowest BCUT2D eigenvalue weighted by Crippen LogP contribution is -2.39. The summed E-state index contributed by atoms with van der Waals surface area (Å²) >= 11 is 5.90. The first-order valence-electron chi connectivity index (χ1n) is 7.47. The summed E-state index contributed by atoms with van der Waals surface area (Å²) in [7, 11) is 0. The van der Waals surface area contributed by atoms with E-state index in [1.165, 1.54) is 0 Å². The Kier molecular flexibility index (Phi) is 5.84. The SMILES string of the molecule is CCC(NC(=O)NC(C)c1ccccc1)c1ccc(Cl)cc1. The van der Waals surface area contributed by atoms with Crippen LogP contribution in [0.15, 0.2) is 54.6 Å². The lowest BCUT2D eigenvalue weighted by Gasteiger charge is -2.20. The minimum absolute atomic E-state index is 0.0276. The molecule has 2 N–H and O–H groups in total. The van der Waals surface area contributed by atoms with E-state index in [0.717, 1.165) is 17.5 Å². The summed E-state index contributed by atoms with van der Waals surface area (Å²) in [5, 5.41) is 6.67. The van der Waals surface area contributed by atoms with Crippen molar-refractivity contribution in [2.75, 3.05) is 0 Å². The highest BCUT2D eigenvalue weighted by Gasteiger charge is 2.14. The molecule has 0 aromatic heterocycles. The largest absolute Gasteiger partial charge is 0.332 e. The Balaban J connectivity index is 1.96. The molecule has 4 heteroatoms. The third-order valence-corrected chi connectivity index (χ3v) is 3.89. The van der Waals surface area contributed by atoms with Crippen molar-refractivity contribution in [1.82, 2.24) is 10.6 Å². The molecule has 2 rings (SSSR count). The molecule has 2 aromatic carbocycles. The van der Waals surface area contributed by atoms with E-state index in [2.05, 4.69) is 10.6 Å². The summed E-state index contributed by atoms with van der Waals surface area (Å²) in [4.78, 5) is 12.2. The molecule has 0 aliphatic heterocycles. The topological polar surface area (TPSA) is 41.1 Å². The van der Waals surface area contributed by atoms with Gasteiger partial charge < -0.3 is 10.6 Å². The zero-order valence-electron chi connectivity index (χ0n) is 12.8. The number of benzene rings is 2. The number of nitrogens with one attached hydrogen (secondary N) is 2. The van der Waals surface area contributed by atoms with Gasteiger partial charge in [-0.15, -0.1) is 0 Å². The monoisotopic (exact) mass is 316 g/mol. The van der Waals surface area contributed by atoms with Gasteiger partial charge in [-0.3, -0.25) is 0 Å². The Bertz CT molecular complexity index is 598. The maximum Gasteiger partial charge on any atom is 0.315 e. The molecule has 0 radical (unpaired) electrons. The number of amides is 2. The van der Waals surface area contributed by atoms with Crippen LogP contribution in [-0.4, -0.2) is 6.03 Å². The molecular weight excluding hydrogens is 296 g/mol. The predicted molar refractivity (Wildman–Crippen MR) is 91.0 cm³/mol. The van der Waals surface area contributed by atoms with Crippen LogP contribution >= 0.6 is 11.6 Å². The first-order valence-corrected chi connectivity index (χ1v) is 7.85. The van der Waals surface area contributed by atoms with Gasteiger partial charge in [-0.05, 0) is 36.6 Å². The highest BCUT2D eigenvalue weighted by atomic mass is 35.5. The molecule has 2 unspecified atom stereocenters. The summed E-state index contributed by atoms with van der Waals surface area (Å²) in [5.41, 5.74) is 2.13. The van der Waals surface area contributed by atoms with Crippen LogP contribution in [0.5, 0.6) is 0 Å². The van der Waals surface area contributed by atoms with Crippen LogP contribution in [0.4, 0.5) is 4.79 Å². The number of urea groups is 1. The third kappa shape index (κ3) is 4.50. The highest BCUT2D eigenvalue weighted by molar-refractivity contribution is 6.30. The van der Waals surface area contributed by atoms with E-state index in [4.69, 9.17) is 11.6 Å². The molecule has 0 fully saturated rings. The summed E-state index contributed by atoms with van der Waals surface area (Å²) in [6.07, 6.45) is 0.814. The van der Waals surface area contributed by atoms with Crippen molar-refractivity contribution in [3.63, 3.8) is 0 Å². The van der Waals surface area contributed by atoms with Crippen LogP contribution < -0.4 is 10.6 Å². The predicted octanol–water partition coefficient (Wildman–Crippen LogP) is 4.85. The normalized spacial score (nSPS) is 13.2. The minimum atomic E-state index is -0.168. The van der Waals surface area contributed by atoms with Crippen LogP contribution in [0.2, 0.25) is 5.02 Å². The molecule has 0 heterocycles. The number of halogens is 1. The van der Waals surface area contributed by atoms with Crippen LogP contribution in [0, 0.1) is 0 Å². The van der Waals surface area contributed by atoms with Gasteiger partial charge in [0.2, 0.25) is 0 Å². The average molecular weight is 317 g/mol. The Hall–Kier alpha value is -2.00. The van der Waals surface area contributed by atoms with Crippen molar-refractivity contribution < 1.29 is 4.79 Å². The van der Waals surface area contributed by atoms with Crippen molar-refractivity contribution >= 4 is 17.6 Å². The molecule has 2 aromatic rings. The van der Waals surface area contributed by atoms with Crippen molar-refractivity contribution in [3.8, 4) is 0 Å². The van der Waals surface area contributed by atoms with E-state index < -0.39 is 0 Å². The molecule has 0 bridgehead atoms. The molecule has 0 aliphatic carbocycles. The molecular formula is C18H21ClN2O. The second-order valence-electron chi connectivity index (χ2n) is 5.26. The third-order valence-electron chi connectivity index (χ3n) is 3.63. The molecule has 22 heavy (non-hydrogen) atoms. The first kappa shape index (κ1) is 16.4.